The van der Waals surface area contributed by atoms with Gasteiger partial charge in [0.1, 0.15) is 17.6 Å². The number of nitrogens with zero attached hydrogens (tertiary/aromatic N) is 4. The minimum atomic E-state index is -4.46. The molecule has 0 spiro atoms. The third-order valence-corrected chi connectivity index (χ3v) is 4.34. The number of pyridine rings is 1. The van der Waals surface area contributed by atoms with Crippen LogP contribution >= 0.6 is 0 Å². The predicted octanol–water partition coefficient (Wildman–Crippen LogP) is 3.31. The van der Waals surface area contributed by atoms with Crippen molar-refractivity contribution < 1.29 is 17.9 Å². The van der Waals surface area contributed by atoms with E-state index < -0.39 is 11.7 Å². The van der Waals surface area contributed by atoms with Crippen LogP contribution in [0.15, 0.2) is 36.5 Å². The minimum absolute atomic E-state index is 0.0350. The van der Waals surface area contributed by atoms with Crippen molar-refractivity contribution in [3.8, 4) is 11.8 Å². The zero-order valence-corrected chi connectivity index (χ0v) is 14.1. The maximum absolute atomic E-state index is 12.8. The van der Waals surface area contributed by atoms with Gasteiger partial charge in [-0.15, -0.1) is 0 Å². The summed E-state index contributed by atoms with van der Waals surface area (Å²) in [7, 11) is 1.59. The first-order chi connectivity index (χ1) is 12.4. The molecule has 136 valence electrons. The Morgan fingerprint density at radius 3 is 2.38 bits per heavy atom. The average molecular weight is 362 g/mol. The van der Waals surface area contributed by atoms with Gasteiger partial charge < -0.3 is 14.5 Å². The van der Waals surface area contributed by atoms with Crippen LogP contribution in [0.3, 0.4) is 0 Å². The first-order valence-electron chi connectivity index (χ1n) is 8.03. The van der Waals surface area contributed by atoms with E-state index in [1.807, 2.05) is 17.0 Å². The molecule has 26 heavy (non-hydrogen) atoms. The molecule has 0 unspecified atom stereocenters. The molecule has 3 rings (SSSR count). The van der Waals surface area contributed by atoms with Crippen LogP contribution in [0.2, 0.25) is 0 Å². The van der Waals surface area contributed by atoms with E-state index in [1.165, 1.54) is 6.07 Å². The molecular formula is C18H17F3N4O. The number of hydrogen-bond donors (Lipinski definition) is 0. The molecule has 1 aromatic heterocycles. The topological polar surface area (TPSA) is 52.4 Å². The van der Waals surface area contributed by atoms with E-state index >= 15 is 0 Å². The van der Waals surface area contributed by atoms with Crippen LogP contribution in [0.25, 0.3) is 0 Å². The molecule has 0 saturated carbocycles. The molecule has 1 fully saturated rings. The van der Waals surface area contributed by atoms with Crippen LogP contribution in [0.5, 0.6) is 5.75 Å². The SMILES string of the molecule is COc1ccnc(N2CCN(c3ccc(C(F)(F)F)cc3C#N)CC2)c1. The Bertz CT molecular complexity index is 824. The number of halogens is 3. The van der Waals surface area contributed by atoms with E-state index in [-0.39, 0.29) is 5.56 Å². The zero-order valence-electron chi connectivity index (χ0n) is 14.1. The second-order valence-corrected chi connectivity index (χ2v) is 5.87. The van der Waals surface area contributed by atoms with Gasteiger partial charge in [0.2, 0.25) is 0 Å². The van der Waals surface area contributed by atoms with E-state index in [4.69, 9.17) is 4.74 Å². The number of ether oxygens (including phenoxy) is 1. The molecule has 0 aliphatic carbocycles. The number of anilines is 2. The lowest BCUT2D eigenvalue weighted by Crippen LogP contribution is -2.47. The maximum atomic E-state index is 12.8. The highest BCUT2D eigenvalue weighted by Gasteiger charge is 2.31. The van der Waals surface area contributed by atoms with E-state index in [0.717, 1.165) is 18.0 Å². The molecule has 0 N–H and O–H groups in total. The Hall–Kier alpha value is -2.95. The second-order valence-electron chi connectivity index (χ2n) is 5.87. The van der Waals surface area contributed by atoms with Crippen LogP contribution in [0, 0.1) is 11.3 Å². The van der Waals surface area contributed by atoms with Crippen LogP contribution in [0.4, 0.5) is 24.7 Å². The number of piperazine rings is 1. The lowest BCUT2D eigenvalue weighted by molar-refractivity contribution is -0.137. The predicted molar refractivity (Wildman–Crippen MR) is 91.4 cm³/mol. The van der Waals surface area contributed by atoms with Crippen molar-refractivity contribution in [2.75, 3.05) is 43.1 Å². The maximum Gasteiger partial charge on any atom is 0.416 e. The summed E-state index contributed by atoms with van der Waals surface area (Å²) in [4.78, 5) is 8.34. The van der Waals surface area contributed by atoms with Gasteiger partial charge in [0.05, 0.1) is 23.9 Å². The highest BCUT2D eigenvalue weighted by molar-refractivity contribution is 5.61. The van der Waals surface area contributed by atoms with Gasteiger partial charge in [-0.05, 0) is 24.3 Å². The Morgan fingerprint density at radius 2 is 1.77 bits per heavy atom. The summed E-state index contributed by atoms with van der Waals surface area (Å²) < 4.78 is 43.7. The number of benzene rings is 1. The van der Waals surface area contributed by atoms with Gasteiger partial charge >= 0.3 is 6.18 Å². The van der Waals surface area contributed by atoms with Crippen molar-refractivity contribution in [2.45, 2.75) is 6.18 Å². The molecule has 0 amide bonds. The Balaban J connectivity index is 1.75. The number of rotatable bonds is 3. The molecule has 1 saturated heterocycles. The van der Waals surface area contributed by atoms with Gasteiger partial charge in [0.25, 0.3) is 0 Å². The quantitative estimate of drug-likeness (QED) is 0.839. The van der Waals surface area contributed by atoms with Crippen LogP contribution < -0.4 is 14.5 Å². The van der Waals surface area contributed by atoms with Gasteiger partial charge in [-0.25, -0.2) is 4.98 Å². The number of nitriles is 1. The molecule has 1 aliphatic heterocycles. The highest BCUT2D eigenvalue weighted by Crippen LogP contribution is 2.33. The number of methoxy groups -OCH3 is 1. The molecule has 0 atom stereocenters. The minimum Gasteiger partial charge on any atom is -0.497 e. The molecule has 0 radical (unpaired) electrons. The Labute approximate surface area is 149 Å². The van der Waals surface area contributed by atoms with Crippen LogP contribution in [-0.2, 0) is 6.18 Å². The summed E-state index contributed by atoms with van der Waals surface area (Å²) in [5.41, 5.74) is -0.247. The first kappa shape index (κ1) is 17.9. The van der Waals surface area contributed by atoms with Gasteiger partial charge in [0.15, 0.2) is 0 Å². The van der Waals surface area contributed by atoms with Crippen molar-refractivity contribution in [1.82, 2.24) is 4.98 Å². The van der Waals surface area contributed by atoms with Gasteiger partial charge in [-0.2, -0.15) is 18.4 Å². The van der Waals surface area contributed by atoms with E-state index in [2.05, 4.69) is 9.88 Å². The van der Waals surface area contributed by atoms with Crippen molar-refractivity contribution in [1.29, 1.82) is 5.26 Å². The summed E-state index contributed by atoms with van der Waals surface area (Å²) in [5.74, 6) is 1.50. The first-order valence-corrected chi connectivity index (χ1v) is 8.03. The highest BCUT2D eigenvalue weighted by atomic mass is 19.4. The zero-order chi connectivity index (χ0) is 18.7. The van der Waals surface area contributed by atoms with Crippen molar-refractivity contribution in [2.24, 2.45) is 0 Å². The third-order valence-electron chi connectivity index (χ3n) is 4.34. The lowest BCUT2D eigenvalue weighted by Gasteiger charge is -2.37. The second kappa shape index (κ2) is 7.12. The standard InChI is InChI=1S/C18H17F3N4O/c1-26-15-4-5-23-17(11-15)25-8-6-24(7-9-25)16-3-2-14(18(19,20)21)10-13(16)12-22/h2-5,10-11H,6-9H2,1H3. The summed E-state index contributed by atoms with van der Waals surface area (Å²) in [6, 6.07) is 8.79. The Kier molecular flexibility index (Phi) is 4.89. The number of alkyl halides is 3. The van der Waals surface area contributed by atoms with Gasteiger partial charge in [-0.3, -0.25) is 0 Å². The van der Waals surface area contributed by atoms with E-state index in [1.54, 1.807) is 19.4 Å². The van der Waals surface area contributed by atoms with Crippen molar-refractivity contribution in [3.05, 3.63) is 47.7 Å². The molecule has 8 heteroatoms. The normalized spacial score (nSPS) is 14.9. The van der Waals surface area contributed by atoms with E-state index in [0.29, 0.717) is 37.6 Å². The number of aromatic nitrogens is 1. The molecule has 1 aromatic carbocycles. The van der Waals surface area contributed by atoms with Crippen molar-refractivity contribution >= 4 is 11.5 Å². The van der Waals surface area contributed by atoms with Crippen LogP contribution in [-0.4, -0.2) is 38.3 Å². The molecule has 1 aliphatic rings. The van der Waals surface area contributed by atoms with Crippen LogP contribution in [0.1, 0.15) is 11.1 Å². The monoisotopic (exact) mass is 362 g/mol. The largest absolute Gasteiger partial charge is 0.497 e. The Morgan fingerprint density at radius 1 is 1.08 bits per heavy atom. The fraction of sp³-hybridized carbons (Fsp3) is 0.333. The summed E-state index contributed by atoms with van der Waals surface area (Å²) in [6.45, 7) is 2.45. The molecule has 2 heterocycles. The molecule has 0 bridgehead atoms. The molecule has 5 nitrogen and oxygen atoms in total. The summed E-state index contributed by atoms with van der Waals surface area (Å²) >= 11 is 0. The third kappa shape index (κ3) is 3.67. The fourth-order valence-electron chi connectivity index (χ4n) is 2.95. The number of hydrogen-bond acceptors (Lipinski definition) is 5. The molecular weight excluding hydrogens is 345 g/mol. The van der Waals surface area contributed by atoms with E-state index in [9.17, 15) is 18.4 Å². The average Bonchev–Trinajstić information content (AvgIpc) is 2.67. The summed E-state index contributed by atoms with van der Waals surface area (Å²) in [6.07, 6.45) is -2.79. The van der Waals surface area contributed by atoms with Gasteiger partial charge in [0, 0.05) is 38.4 Å². The van der Waals surface area contributed by atoms with Gasteiger partial charge in [-0.1, -0.05) is 0 Å². The smallest absolute Gasteiger partial charge is 0.416 e. The molecule has 2 aromatic rings. The summed E-state index contributed by atoms with van der Waals surface area (Å²) in [5, 5.41) is 9.25. The fourth-order valence-corrected chi connectivity index (χ4v) is 2.95. The lowest BCUT2D eigenvalue weighted by atomic mass is 10.1. The van der Waals surface area contributed by atoms with Crippen molar-refractivity contribution in [3.63, 3.8) is 0 Å².